The summed E-state index contributed by atoms with van der Waals surface area (Å²) in [5, 5.41) is 7.06. The fourth-order valence-electron chi connectivity index (χ4n) is 1.47. The maximum absolute atomic E-state index is 11.2. The van der Waals surface area contributed by atoms with Gasteiger partial charge in [0.1, 0.15) is 0 Å². The van der Waals surface area contributed by atoms with E-state index in [1.54, 1.807) is 18.2 Å². The molecule has 0 aliphatic rings. The summed E-state index contributed by atoms with van der Waals surface area (Å²) in [6, 6.07) is 7.13. The van der Waals surface area contributed by atoms with Crippen molar-refractivity contribution in [3.05, 3.63) is 35.2 Å². The zero-order valence-corrected chi connectivity index (χ0v) is 10.9. The second kappa shape index (κ2) is 6.31. The molecule has 0 radical (unpaired) electrons. The van der Waals surface area contributed by atoms with E-state index in [1.807, 2.05) is 6.07 Å². The second-order valence-corrected chi connectivity index (χ2v) is 4.27. The van der Waals surface area contributed by atoms with Gasteiger partial charge < -0.3 is 15.6 Å². The van der Waals surface area contributed by atoms with Gasteiger partial charge >= 0.3 is 0 Å². The minimum absolute atomic E-state index is 0.148. The average molecular weight is 281 g/mol. The molecule has 3 N–H and O–H groups in total. The van der Waals surface area contributed by atoms with E-state index in [0.717, 1.165) is 5.56 Å². The van der Waals surface area contributed by atoms with Gasteiger partial charge in [-0.05, 0) is 12.1 Å². The van der Waals surface area contributed by atoms with Crippen molar-refractivity contribution in [1.82, 2.24) is 15.5 Å². The lowest BCUT2D eigenvalue weighted by Gasteiger charge is -1.99. The van der Waals surface area contributed by atoms with Gasteiger partial charge in [-0.15, -0.1) is 0 Å². The quantitative estimate of drug-likeness (QED) is 0.862. The Hall–Kier alpha value is -1.92. The maximum atomic E-state index is 11.2. The predicted molar refractivity (Wildman–Crippen MR) is 70.3 cm³/mol. The van der Waals surface area contributed by atoms with E-state index in [-0.39, 0.29) is 18.9 Å². The lowest BCUT2D eigenvalue weighted by Crippen LogP contribution is -2.25. The molecule has 19 heavy (non-hydrogen) atoms. The van der Waals surface area contributed by atoms with Gasteiger partial charge in [-0.25, -0.2) is 0 Å². The number of aromatic nitrogens is 2. The third kappa shape index (κ3) is 3.77. The van der Waals surface area contributed by atoms with Crippen LogP contribution in [0.3, 0.4) is 0 Å². The molecular formula is C12H13ClN4O2. The fraction of sp³-hybridized carbons (Fsp3) is 0.250. The molecule has 0 aliphatic heterocycles. The molecule has 100 valence electrons. The van der Waals surface area contributed by atoms with Gasteiger partial charge in [-0.1, -0.05) is 28.9 Å². The van der Waals surface area contributed by atoms with Crippen LogP contribution in [0, 0.1) is 0 Å². The lowest BCUT2D eigenvalue weighted by atomic mass is 10.2. The Bertz CT molecular complexity index is 570. The largest absolute Gasteiger partial charge is 0.347 e. The van der Waals surface area contributed by atoms with Gasteiger partial charge in [0.15, 0.2) is 0 Å². The summed E-state index contributed by atoms with van der Waals surface area (Å²) in [6.07, 6.45) is 0.273. The number of nitrogens with one attached hydrogen (secondary N) is 1. The molecule has 0 bridgehead atoms. The van der Waals surface area contributed by atoms with Crippen LogP contribution < -0.4 is 11.1 Å². The normalized spacial score (nSPS) is 10.4. The van der Waals surface area contributed by atoms with Crippen molar-refractivity contribution in [1.29, 1.82) is 0 Å². The van der Waals surface area contributed by atoms with Crippen LogP contribution >= 0.6 is 11.6 Å². The molecule has 1 aromatic heterocycles. The highest BCUT2D eigenvalue weighted by atomic mass is 35.5. The Kier molecular flexibility index (Phi) is 4.48. The summed E-state index contributed by atoms with van der Waals surface area (Å²) in [5.74, 6) is 0.621. The first kappa shape index (κ1) is 13.5. The molecule has 0 aliphatic carbocycles. The molecule has 0 unspecified atom stereocenters. The van der Waals surface area contributed by atoms with Crippen molar-refractivity contribution >= 4 is 17.5 Å². The van der Waals surface area contributed by atoms with Gasteiger partial charge in [0.25, 0.3) is 0 Å². The highest BCUT2D eigenvalue weighted by Gasteiger charge is 2.09. The van der Waals surface area contributed by atoms with E-state index < -0.39 is 0 Å². The SMILES string of the molecule is NCCC(=O)NCc1nc(-c2cccc(Cl)c2)no1. The highest BCUT2D eigenvalue weighted by molar-refractivity contribution is 6.30. The topological polar surface area (TPSA) is 94.0 Å². The highest BCUT2D eigenvalue weighted by Crippen LogP contribution is 2.19. The average Bonchev–Trinajstić information content (AvgIpc) is 2.85. The molecule has 6 nitrogen and oxygen atoms in total. The number of carbonyl (C=O) groups excluding carboxylic acids is 1. The van der Waals surface area contributed by atoms with Crippen molar-refractivity contribution in [3.8, 4) is 11.4 Å². The van der Waals surface area contributed by atoms with Crippen LogP contribution in [0.1, 0.15) is 12.3 Å². The standard InChI is InChI=1S/C12H13ClN4O2/c13-9-3-1-2-8(6-9)12-16-11(19-17-12)7-15-10(18)4-5-14/h1-3,6H,4-5,7,14H2,(H,15,18). The summed E-state index contributed by atoms with van der Waals surface area (Å²) in [5.41, 5.74) is 6.03. The first-order valence-corrected chi connectivity index (χ1v) is 6.12. The Balaban J connectivity index is 2.01. The van der Waals surface area contributed by atoms with Crippen LogP contribution in [0.4, 0.5) is 0 Å². The molecule has 1 heterocycles. The van der Waals surface area contributed by atoms with Crippen molar-refractivity contribution in [3.63, 3.8) is 0 Å². The number of carbonyl (C=O) groups is 1. The molecule has 0 fully saturated rings. The van der Waals surface area contributed by atoms with Gasteiger partial charge in [0, 0.05) is 23.6 Å². The van der Waals surface area contributed by atoms with Crippen LogP contribution in [0.15, 0.2) is 28.8 Å². The predicted octanol–water partition coefficient (Wildman–Crippen LogP) is 1.36. The molecule has 0 spiro atoms. The number of halogens is 1. The fourth-order valence-corrected chi connectivity index (χ4v) is 1.66. The molecule has 7 heteroatoms. The smallest absolute Gasteiger partial charge is 0.246 e. The molecule has 1 aromatic carbocycles. The number of hydrogen-bond donors (Lipinski definition) is 2. The summed E-state index contributed by atoms with van der Waals surface area (Å²) in [4.78, 5) is 15.4. The van der Waals surface area contributed by atoms with Crippen LogP contribution in [-0.2, 0) is 11.3 Å². The van der Waals surface area contributed by atoms with Crippen LogP contribution in [0.2, 0.25) is 5.02 Å². The van der Waals surface area contributed by atoms with E-state index in [0.29, 0.717) is 23.3 Å². The second-order valence-electron chi connectivity index (χ2n) is 3.84. The minimum Gasteiger partial charge on any atom is -0.347 e. The summed E-state index contributed by atoms with van der Waals surface area (Å²) in [6.45, 7) is 0.496. The van der Waals surface area contributed by atoms with Crippen LogP contribution in [-0.4, -0.2) is 22.6 Å². The number of hydrogen-bond acceptors (Lipinski definition) is 5. The maximum Gasteiger partial charge on any atom is 0.246 e. The summed E-state index contributed by atoms with van der Waals surface area (Å²) in [7, 11) is 0. The van der Waals surface area contributed by atoms with Crippen molar-refractivity contribution in [2.45, 2.75) is 13.0 Å². The molecule has 2 rings (SSSR count). The van der Waals surface area contributed by atoms with Crippen molar-refractivity contribution in [2.75, 3.05) is 6.54 Å². The number of nitrogens with zero attached hydrogens (tertiary/aromatic N) is 2. The number of benzene rings is 1. The van der Waals surface area contributed by atoms with E-state index in [1.165, 1.54) is 0 Å². The molecule has 0 atom stereocenters. The zero-order valence-electron chi connectivity index (χ0n) is 10.1. The lowest BCUT2D eigenvalue weighted by molar-refractivity contribution is -0.121. The van der Waals surface area contributed by atoms with E-state index in [4.69, 9.17) is 21.9 Å². The third-order valence-electron chi connectivity index (χ3n) is 2.36. The Morgan fingerprint density at radius 2 is 2.32 bits per heavy atom. The zero-order chi connectivity index (χ0) is 13.7. The summed E-state index contributed by atoms with van der Waals surface area (Å²) >= 11 is 5.88. The molecule has 0 saturated carbocycles. The van der Waals surface area contributed by atoms with E-state index >= 15 is 0 Å². The van der Waals surface area contributed by atoms with Crippen molar-refractivity contribution < 1.29 is 9.32 Å². The van der Waals surface area contributed by atoms with Crippen molar-refractivity contribution in [2.24, 2.45) is 5.73 Å². The first-order valence-electron chi connectivity index (χ1n) is 5.74. The number of nitrogens with two attached hydrogens (primary N) is 1. The molecule has 2 aromatic rings. The van der Waals surface area contributed by atoms with Gasteiger partial charge in [-0.3, -0.25) is 4.79 Å². The first-order chi connectivity index (χ1) is 9.19. The van der Waals surface area contributed by atoms with Crippen LogP contribution in [0.5, 0.6) is 0 Å². The third-order valence-corrected chi connectivity index (χ3v) is 2.59. The van der Waals surface area contributed by atoms with Gasteiger partial charge in [-0.2, -0.15) is 4.98 Å². The Morgan fingerprint density at radius 1 is 1.47 bits per heavy atom. The molecule has 1 amide bonds. The minimum atomic E-state index is -0.148. The summed E-state index contributed by atoms with van der Waals surface area (Å²) < 4.78 is 5.04. The van der Waals surface area contributed by atoms with Gasteiger partial charge in [0.05, 0.1) is 6.54 Å². The molecular weight excluding hydrogens is 268 g/mol. The van der Waals surface area contributed by atoms with E-state index in [9.17, 15) is 4.79 Å². The molecule has 0 saturated heterocycles. The van der Waals surface area contributed by atoms with Crippen LogP contribution in [0.25, 0.3) is 11.4 Å². The number of amides is 1. The van der Waals surface area contributed by atoms with Gasteiger partial charge in [0.2, 0.25) is 17.6 Å². The Morgan fingerprint density at radius 3 is 3.05 bits per heavy atom. The Labute approximate surface area is 114 Å². The number of rotatable bonds is 5. The van der Waals surface area contributed by atoms with E-state index in [2.05, 4.69) is 15.5 Å². The monoisotopic (exact) mass is 280 g/mol.